The zero-order valence-corrected chi connectivity index (χ0v) is 17.4. The van der Waals surface area contributed by atoms with E-state index in [-0.39, 0.29) is 6.61 Å². The summed E-state index contributed by atoms with van der Waals surface area (Å²) < 4.78 is 7.67. The number of aliphatic hydroxyl groups is 1. The fraction of sp³-hybridized carbons (Fsp3) is 0.182. The number of ether oxygens (including phenoxy) is 1. The summed E-state index contributed by atoms with van der Waals surface area (Å²) in [7, 11) is 1.91. The molecule has 148 valence electrons. The van der Waals surface area contributed by atoms with Crippen molar-refractivity contribution in [1.82, 2.24) is 14.8 Å². The molecular weight excluding hydrogens is 406 g/mol. The molecule has 29 heavy (non-hydrogen) atoms. The molecule has 5 nitrogen and oxygen atoms in total. The Morgan fingerprint density at radius 3 is 2.59 bits per heavy atom. The molecule has 1 atom stereocenters. The van der Waals surface area contributed by atoms with Crippen LogP contribution in [0.4, 0.5) is 0 Å². The van der Waals surface area contributed by atoms with Crippen molar-refractivity contribution in [2.45, 2.75) is 11.3 Å². The van der Waals surface area contributed by atoms with Gasteiger partial charge in [0.25, 0.3) is 0 Å². The Hall–Kier alpha value is -2.54. The Labute approximate surface area is 178 Å². The molecule has 0 radical (unpaired) electrons. The van der Waals surface area contributed by atoms with Gasteiger partial charge in [0, 0.05) is 23.4 Å². The number of nitrogens with zero attached hydrogens (tertiary/aromatic N) is 3. The van der Waals surface area contributed by atoms with E-state index in [1.165, 1.54) is 11.8 Å². The maximum absolute atomic E-state index is 10.3. The Morgan fingerprint density at radius 2 is 1.79 bits per heavy atom. The zero-order chi connectivity index (χ0) is 20.2. The molecule has 3 aromatic carbocycles. The van der Waals surface area contributed by atoms with Crippen LogP contribution in [-0.4, -0.2) is 38.3 Å². The van der Waals surface area contributed by atoms with Crippen LogP contribution in [0.25, 0.3) is 22.2 Å². The van der Waals surface area contributed by atoms with E-state index in [1.54, 1.807) is 0 Å². The molecule has 4 aromatic rings. The van der Waals surface area contributed by atoms with Crippen molar-refractivity contribution in [3.63, 3.8) is 0 Å². The van der Waals surface area contributed by atoms with Gasteiger partial charge in [0.1, 0.15) is 12.4 Å². The minimum absolute atomic E-state index is 0.216. The van der Waals surface area contributed by atoms with Crippen molar-refractivity contribution in [3.05, 3.63) is 71.8 Å². The van der Waals surface area contributed by atoms with Gasteiger partial charge in [0.2, 0.25) is 0 Å². The molecule has 0 aliphatic heterocycles. The summed E-state index contributed by atoms with van der Waals surface area (Å²) in [5.41, 5.74) is 0.941. The lowest BCUT2D eigenvalue weighted by Crippen LogP contribution is -2.20. The number of rotatable bonds is 7. The second-order valence-electron chi connectivity index (χ2n) is 6.66. The summed E-state index contributed by atoms with van der Waals surface area (Å²) in [4.78, 5) is 0. The fourth-order valence-corrected chi connectivity index (χ4v) is 3.90. The summed E-state index contributed by atoms with van der Waals surface area (Å²) in [6, 6.07) is 21.5. The SMILES string of the molecule is Cn1c(SCC(O)COc2ccc3ccccc3c2)nnc1-c1ccc(Cl)cc1. The molecule has 1 N–H and O–H groups in total. The first-order valence-electron chi connectivity index (χ1n) is 9.18. The first-order chi connectivity index (χ1) is 14.1. The molecule has 1 aromatic heterocycles. The lowest BCUT2D eigenvalue weighted by atomic mass is 10.1. The third kappa shape index (κ3) is 4.72. The van der Waals surface area contributed by atoms with Crippen LogP contribution in [0, 0.1) is 0 Å². The summed E-state index contributed by atoms with van der Waals surface area (Å²) in [5.74, 6) is 1.96. The van der Waals surface area contributed by atoms with Gasteiger partial charge in [-0.2, -0.15) is 0 Å². The number of benzene rings is 3. The summed E-state index contributed by atoms with van der Waals surface area (Å²) in [5, 5.41) is 22.5. The van der Waals surface area contributed by atoms with Gasteiger partial charge in [-0.05, 0) is 47.2 Å². The summed E-state index contributed by atoms with van der Waals surface area (Å²) in [6.45, 7) is 0.216. The number of aliphatic hydroxyl groups excluding tert-OH is 1. The summed E-state index contributed by atoms with van der Waals surface area (Å²) >= 11 is 7.39. The van der Waals surface area contributed by atoms with Gasteiger partial charge in [0.15, 0.2) is 11.0 Å². The number of hydrogen-bond donors (Lipinski definition) is 1. The maximum atomic E-state index is 10.3. The third-order valence-corrected chi connectivity index (χ3v) is 5.92. The van der Waals surface area contributed by atoms with Crippen LogP contribution in [0.3, 0.4) is 0 Å². The number of halogens is 1. The first-order valence-corrected chi connectivity index (χ1v) is 10.5. The van der Waals surface area contributed by atoms with Crippen LogP contribution in [0.5, 0.6) is 5.75 Å². The topological polar surface area (TPSA) is 60.2 Å². The van der Waals surface area contributed by atoms with Crippen LogP contribution in [0.15, 0.2) is 71.9 Å². The first kappa shape index (κ1) is 19.8. The van der Waals surface area contributed by atoms with E-state index in [1.807, 2.05) is 72.3 Å². The van der Waals surface area contributed by atoms with Crippen LogP contribution in [0.2, 0.25) is 5.02 Å². The molecule has 0 aliphatic rings. The third-order valence-electron chi connectivity index (χ3n) is 4.51. The number of aromatic nitrogens is 3. The molecule has 0 fully saturated rings. The average molecular weight is 426 g/mol. The molecule has 1 unspecified atom stereocenters. The maximum Gasteiger partial charge on any atom is 0.191 e. The summed E-state index contributed by atoms with van der Waals surface area (Å²) in [6.07, 6.45) is -0.623. The fourth-order valence-electron chi connectivity index (χ4n) is 2.96. The molecule has 1 heterocycles. The highest BCUT2D eigenvalue weighted by Gasteiger charge is 2.14. The van der Waals surface area contributed by atoms with Gasteiger partial charge in [-0.1, -0.05) is 53.7 Å². The lowest BCUT2D eigenvalue weighted by Gasteiger charge is -2.12. The molecule has 0 saturated heterocycles. The standard InChI is InChI=1S/C22H20ClN3O2S/c1-26-21(16-6-9-18(23)10-7-16)24-25-22(26)29-14-19(27)13-28-20-11-8-15-4-2-3-5-17(15)12-20/h2-12,19,27H,13-14H2,1H3. The van der Waals surface area contributed by atoms with Gasteiger partial charge >= 0.3 is 0 Å². The minimum atomic E-state index is -0.623. The predicted molar refractivity (Wildman–Crippen MR) is 118 cm³/mol. The Morgan fingerprint density at radius 1 is 1.03 bits per heavy atom. The monoisotopic (exact) mass is 425 g/mol. The van der Waals surface area contributed by atoms with Gasteiger partial charge in [-0.3, -0.25) is 0 Å². The van der Waals surface area contributed by atoms with Crippen LogP contribution < -0.4 is 4.74 Å². The van der Waals surface area contributed by atoms with Gasteiger partial charge in [-0.25, -0.2) is 0 Å². The molecule has 0 amide bonds. The van der Waals surface area contributed by atoms with E-state index in [4.69, 9.17) is 16.3 Å². The largest absolute Gasteiger partial charge is 0.491 e. The van der Waals surface area contributed by atoms with Gasteiger partial charge in [-0.15, -0.1) is 10.2 Å². The Kier molecular flexibility index (Phi) is 6.04. The second-order valence-corrected chi connectivity index (χ2v) is 8.08. The van der Waals surface area contributed by atoms with Crippen molar-refractivity contribution >= 4 is 34.1 Å². The van der Waals surface area contributed by atoms with Crippen LogP contribution in [0.1, 0.15) is 0 Å². The van der Waals surface area contributed by atoms with Crippen molar-refractivity contribution in [2.75, 3.05) is 12.4 Å². The Bertz CT molecular complexity index is 1110. The Balaban J connectivity index is 1.33. The van der Waals surface area contributed by atoms with E-state index in [0.717, 1.165) is 33.1 Å². The molecular formula is C22H20ClN3O2S. The molecule has 0 aliphatic carbocycles. The number of fused-ring (bicyclic) bond motifs is 1. The van der Waals surface area contributed by atoms with Crippen molar-refractivity contribution in [1.29, 1.82) is 0 Å². The highest BCUT2D eigenvalue weighted by atomic mass is 35.5. The predicted octanol–water partition coefficient (Wildman–Crippen LogP) is 4.82. The normalized spacial score (nSPS) is 12.2. The smallest absolute Gasteiger partial charge is 0.191 e. The van der Waals surface area contributed by atoms with E-state index >= 15 is 0 Å². The number of thioether (sulfide) groups is 1. The quantitative estimate of drug-likeness (QED) is 0.430. The lowest BCUT2D eigenvalue weighted by molar-refractivity contribution is 0.126. The van der Waals surface area contributed by atoms with Crippen molar-refractivity contribution < 1.29 is 9.84 Å². The van der Waals surface area contributed by atoms with E-state index < -0.39 is 6.10 Å². The molecule has 7 heteroatoms. The van der Waals surface area contributed by atoms with Crippen LogP contribution >= 0.6 is 23.4 Å². The minimum Gasteiger partial charge on any atom is -0.491 e. The van der Waals surface area contributed by atoms with Crippen LogP contribution in [-0.2, 0) is 7.05 Å². The second kappa shape index (κ2) is 8.86. The molecule has 4 rings (SSSR count). The molecule has 0 spiro atoms. The van der Waals surface area contributed by atoms with Crippen molar-refractivity contribution in [3.8, 4) is 17.1 Å². The van der Waals surface area contributed by atoms with Gasteiger partial charge in [0.05, 0.1) is 6.10 Å². The zero-order valence-electron chi connectivity index (χ0n) is 15.8. The molecule has 0 bridgehead atoms. The van der Waals surface area contributed by atoms with E-state index in [2.05, 4.69) is 16.3 Å². The number of hydrogen-bond acceptors (Lipinski definition) is 5. The van der Waals surface area contributed by atoms with Gasteiger partial charge < -0.3 is 14.4 Å². The highest BCUT2D eigenvalue weighted by molar-refractivity contribution is 7.99. The molecule has 0 saturated carbocycles. The van der Waals surface area contributed by atoms with Crippen molar-refractivity contribution in [2.24, 2.45) is 7.05 Å². The average Bonchev–Trinajstić information content (AvgIpc) is 3.11. The van der Waals surface area contributed by atoms with E-state index in [9.17, 15) is 5.11 Å². The van der Waals surface area contributed by atoms with E-state index in [0.29, 0.717) is 10.8 Å². The highest BCUT2D eigenvalue weighted by Crippen LogP contribution is 2.25.